The minimum atomic E-state index is -0.410. The topological polar surface area (TPSA) is 96.1 Å². The van der Waals surface area contributed by atoms with Gasteiger partial charge in [-0.25, -0.2) is 9.67 Å². The van der Waals surface area contributed by atoms with Gasteiger partial charge in [0.2, 0.25) is 11.2 Å². The highest BCUT2D eigenvalue weighted by Crippen LogP contribution is 2.64. The molecule has 1 N–H and O–H groups in total. The minimum absolute atomic E-state index is 0.106. The number of carbonyl (C=O) groups is 1. The average molecular weight is 525 g/mol. The zero-order valence-electron chi connectivity index (χ0n) is 21.8. The fourth-order valence-electron chi connectivity index (χ4n) is 7.65. The van der Waals surface area contributed by atoms with Crippen molar-refractivity contribution in [3.8, 4) is 11.5 Å². The Morgan fingerprint density at radius 3 is 2.49 bits per heavy atom. The normalized spacial score (nSPS) is 27.9. The Bertz CT molecular complexity index is 1350. The van der Waals surface area contributed by atoms with Gasteiger partial charge in [0.1, 0.15) is 6.33 Å². The molecule has 0 aliphatic heterocycles. The highest BCUT2D eigenvalue weighted by Gasteiger charge is 2.61. The van der Waals surface area contributed by atoms with Gasteiger partial charge in [-0.1, -0.05) is 6.07 Å². The largest absolute Gasteiger partial charge is 0.493 e. The van der Waals surface area contributed by atoms with Gasteiger partial charge < -0.3 is 14.8 Å². The fraction of sp³-hybridized carbons (Fsp3) is 0.556. The molecule has 0 spiro atoms. The van der Waals surface area contributed by atoms with E-state index in [9.17, 15) is 4.79 Å². The number of aromatic nitrogens is 5. The van der Waals surface area contributed by atoms with Crippen LogP contribution in [-0.2, 0) is 16.9 Å². The summed E-state index contributed by atoms with van der Waals surface area (Å²) in [7, 11) is 3.25. The first-order chi connectivity index (χ1) is 17.7. The number of amides is 1. The van der Waals surface area contributed by atoms with E-state index in [2.05, 4.69) is 15.4 Å². The Hall–Kier alpha value is -3.07. The number of hydrogen-bond acceptors (Lipinski definition) is 6. The van der Waals surface area contributed by atoms with Gasteiger partial charge in [-0.3, -0.25) is 9.48 Å². The van der Waals surface area contributed by atoms with Crippen LogP contribution in [0.1, 0.15) is 55.5 Å². The molecule has 2 heterocycles. The molecule has 10 heteroatoms. The summed E-state index contributed by atoms with van der Waals surface area (Å²) in [6, 6.07) is 5.86. The first-order valence-electron chi connectivity index (χ1n) is 12.9. The molecule has 4 aliphatic rings. The van der Waals surface area contributed by atoms with E-state index < -0.39 is 5.41 Å². The summed E-state index contributed by atoms with van der Waals surface area (Å²) in [4.78, 5) is 18.2. The van der Waals surface area contributed by atoms with E-state index in [-0.39, 0.29) is 16.7 Å². The second-order valence-electron chi connectivity index (χ2n) is 11.3. The molecule has 1 aromatic carbocycles. The van der Waals surface area contributed by atoms with E-state index in [1.54, 1.807) is 20.5 Å². The van der Waals surface area contributed by atoms with Crippen LogP contribution >= 0.6 is 11.6 Å². The van der Waals surface area contributed by atoms with Crippen molar-refractivity contribution in [3.05, 3.63) is 46.8 Å². The minimum Gasteiger partial charge on any atom is -0.493 e. The smallest absolute Gasteiger partial charge is 0.242 e. The molecular formula is C27H33ClN6O3. The lowest BCUT2D eigenvalue weighted by molar-refractivity contribution is -0.150. The third kappa shape index (κ3) is 3.98. The van der Waals surface area contributed by atoms with Crippen LogP contribution in [0.3, 0.4) is 0 Å². The Balaban J connectivity index is 1.25. The average Bonchev–Trinajstić information content (AvgIpc) is 3.42. The second kappa shape index (κ2) is 8.75. The monoisotopic (exact) mass is 524 g/mol. The predicted molar refractivity (Wildman–Crippen MR) is 139 cm³/mol. The van der Waals surface area contributed by atoms with Crippen LogP contribution in [0.25, 0.3) is 0 Å². The van der Waals surface area contributed by atoms with Gasteiger partial charge in [-0.05, 0) is 93.5 Å². The van der Waals surface area contributed by atoms with Crippen molar-refractivity contribution in [2.45, 2.75) is 64.5 Å². The molecular weight excluding hydrogens is 492 g/mol. The number of nitrogens with one attached hydrogen (secondary N) is 1. The zero-order valence-corrected chi connectivity index (χ0v) is 22.5. The zero-order chi connectivity index (χ0) is 25.9. The number of rotatable bonds is 7. The summed E-state index contributed by atoms with van der Waals surface area (Å²) in [5.74, 6) is 2.51. The maximum absolute atomic E-state index is 14.0. The van der Waals surface area contributed by atoms with Crippen molar-refractivity contribution in [3.63, 3.8) is 0 Å². The molecule has 2 unspecified atom stereocenters. The van der Waals surface area contributed by atoms with Crippen LogP contribution < -0.4 is 14.8 Å². The van der Waals surface area contributed by atoms with E-state index in [0.717, 1.165) is 54.7 Å². The van der Waals surface area contributed by atoms with Crippen molar-refractivity contribution in [2.24, 2.45) is 17.3 Å². The number of methoxy groups -OCH3 is 2. The van der Waals surface area contributed by atoms with Crippen molar-refractivity contribution < 1.29 is 14.3 Å². The number of anilines is 1. The molecule has 2 aromatic heterocycles. The summed E-state index contributed by atoms with van der Waals surface area (Å²) in [6.07, 6.45) is 7.65. The maximum Gasteiger partial charge on any atom is 0.242 e. The molecule has 1 amide bonds. The molecule has 4 bridgehead atoms. The number of carbonyl (C=O) groups excluding carboxylic acids is 1. The summed E-state index contributed by atoms with van der Waals surface area (Å²) < 4.78 is 14.7. The van der Waals surface area contributed by atoms with Crippen LogP contribution in [0.15, 0.2) is 24.5 Å². The standard InChI is InChI=1S/C27H33ClN6O3/c1-16-23(17(2)33(31-16)13-18-5-6-21(36-3)22(8-18)37-4)30-24(35)26-9-19-7-20(10-26)12-27(11-19,14-26)34-15-29-25(28)32-34/h5-6,8,15,19-20H,7,9-14H2,1-4H3,(H,30,35). The third-order valence-electron chi connectivity index (χ3n) is 8.86. The van der Waals surface area contributed by atoms with Gasteiger partial charge in [0, 0.05) is 0 Å². The summed E-state index contributed by atoms with van der Waals surface area (Å²) in [6.45, 7) is 4.52. The van der Waals surface area contributed by atoms with Crippen LogP contribution in [0.2, 0.25) is 5.28 Å². The number of aryl methyl sites for hydroxylation is 1. The number of nitrogens with zero attached hydrogens (tertiary/aromatic N) is 5. The maximum atomic E-state index is 14.0. The molecule has 4 fully saturated rings. The number of ether oxygens (including phenoxy) is 2. The van der Waals surface area contributed by atoms with E-state index in [0.29, 0.717) is 29.9 Å². The van der Waals surface area contributed by atoms with Gasteiger partial charge in [0.25, 0.3) is 0 Å². The fourth-order valence-corrected chi connectivity index (χ4v) is 7.77. The predicted octanol–water partition coefficient (Wildman–Crippen LogP) is 4.74. The lowest BCUT2D eigenvalue weighted by Crippen LogP contribution is -2.60. The SMILES string of the molecule is COc1ccc(Cn2nc(C)c(NC(=O)C34CC5CC(C3)CC(n3cnc(Cl)n3)(C5)C4)c2C)cc1OC. The molecule has 2 atom stereocenters. The highest BCUT2D eigenvalue weighted by atomic mass is 35.5. The Morgan fingerprint density at radius 2 is 1.84 bits per heavy atom. The molecule has 196 valence electrons. The number of benzene rings is 1. The van der Waals surface area contributed by atoms with Crippen LogP contribution in [0.4, 0.5) is 5.69 Å². The second-order valence-corrected chi connectivity index (χ2v) is 11.6. The Labute approximate surface area is 221 Å². The molecule has 0 radical (unpaired) electrons. The van der Waals surface area contributed by atoms with Gasteiger partial charge in [0.05, 0.1) is 48.8 Å². The van der Waals surface area contributed by atoms with E-state index in [4.69, 9.17) is 26.2 Å². The summed E-state index contributed by atoms with van der Waals surface area (Å²) in [5, 5.41) is 12.8. The molecule has 0 saturated heterocycles. The van der Waals surface area contributed by atoms with Gasteiger partial charge >= 0.3 is 0 Å². The molecule has 4 aliphatic carbocycles. The van der Waals surface area contributed by atoms with Crippen LogP contribution in [-0.4, -0.2) is 44.7 Å². The van der Waals surface area contributed by atoms with Gasteiger partial charge in [-0.2, -0.15) is 5.10 Å². The Kier molecular flexibility index (Phi) is 5.74. The van der Waals surface area contributed by atoms with E-state index in [1.165, 1.54) is 6.42 Å². The lowest BCUT2D eigenvalue weighted by Gasteiger charge is -2.60. The van der Waals surface area contributed by atoms with Crippen molar-refractivity contribution in [1.82, 2.24) is 24.5 Å². The molecule has 3 aromatic rings. The molecule has 37 heavy (non-hydrogen) atoms. The lowest BCUT2D eigenvalue weighted by atomic mass is 9.46. The van der Waals surface area contributed by atoms with Gasteiger partial charge in [-0.15, -0.1) is 5.10 Å². The summed E-state index contributed by atoms with van der Waals surface area (Å²) >= 11 is 6.09. The quantitative estimate of drug-likeness (QED) is 0.479. The van der Waals surface area contributed by atoms with Crippen molar-refractivity contribution >= 4 is 23.2 Å². The van der Waals surface area contributed by atoms with Crippen LogP contribution in [0, 0.1) is 31.1 Å². The van der Waals surface area contributed by atoms with E-state index in [1.807, 2.05) is 41.4 Å². The first-order valence-corrected chi connectivity index (χ1v) is 13.3. The van der Waals surface area contributed by atoms with E-state index >= 15 is 0 Å². The number of hydrogen-bond donors (Lipinski definition) is 1. The third-order valence-corrected chi connectivity index (χ3v) is 9.04. The number of halogens is 1. The van der Waals surface area contributed by atoms with Crippen molar-refractivity contribution in [2.75, 3.05) is 19.5 Å². The highest BCUT2D eigenvalue weighted by molar-refractivity contribution is 6.28. The Morgan fingerprint density at radius 1 is 1.11 bits per heavy atom. The molecule has 9 nitrogen and oxygen atoms in total. The van der Waals surface area contributed by atoms with Crippen LogP contribution in [0.5, 0.6) is 11.5 Å². The first kappa shape index (κ1) is 24.3. The van der Waals surface area contributed by atoms with Crippen molar-refractivity contribution in [1.29, 1.82) is 0 Å². The molecule has 4 saturated carbocycles. The van der Waals surface area contributed by atoms with Gasteiger partial charge in [0.15, 0.2) is 11.5 Å². The summed E-state index contributed by atoms with van der Waals surface area (Å²) in [5.41, 5.74) is 3.00. The molecule has 7 rings (SSSR count).